The second-order valence-electron chi connectivity index (χ2n) is 6.99. The third kappa shape index (κ3) is 4.76. The smallest absolute Gasteiger partial charge is 0.243 e. The van der Waals surface area contributed by atoms with Crippen molar-refractivity contribution >= 4 is 21.4 Å². The van der Waals surface area contributed by atoms with Crippen molar-refractivity contribution < 1.29 is 13.2 Å². The Hall–Kier alpha value is -2.04. The van der Waals surface area contributed by atoms with Gasteiger partial charge in [-0.2, -0.15) is 5.10 Å². The van der Waals surface area contributed by atoms with Crippen molar-refractivity contribution in [2.45, 2.75) is 17.9 Å². The average molecular weight is 433 g/mol. The monoisotopic (exact) mass is 432 g/mol. The van der Waals surface area contributed by atoms with Crippen LogP contribution in [0.4, 0.5) is 0 Å². The molecule has 4 rings (SSSR count). The Balaban J connectivity index is 1.49. The predicted octanol–water partition coefficient (Wildman–Crippen LogP) is 2.59. The van der Waals surface area contributed by atoms with Gasteiger partial charge in [-0.15, -0.1) is 11.3 Å². The van der Waals surface area contributed by atoms with Crippen molar-refractivity contribution in [1.29, 1.82) is 0 Å². The zero-order valence-corrected chi connectivity index (χ0v) is 17.8. The first-order valence-electron chi connectivity index (χ1n) is 9.49. The van der Waals surface area contributed by atoms with Gasteiger partial charge in [-0.05, 0) is 30.5 Å². The molecule has 3 aromatic rings. The Bertz CT molecular complexity index is 1020. The molecule has 1 atom stereocenters. The van der Waals surface area contributed by atoms with Crippen LogP contribution in [-0.4, -0.2) is 55.9 Å². The van der Waals surface area contributed by atoms with Gasteiger partial charge < -0.3 is 4.74 Å². The van der Waals surface area contributed by atoms with Crippen LogP contribution in [-0.2, 0) is 14.8 Å². The topological polar surface area (TPSA) is 76.5 Å². The summed E-state index contributed by atoms with van der Waals surface area (Å²) in [6.45, 7) is 5.21. The SMILES string of the molecule is Cc1ccc(-n2cc(S(=O)(=O)NCC(c3cccs3)N3CCOCC3)cn2)cc1. The average Bonchev–Trinajstić information content (AvgIpc) is 3.42. The minimum absolute atomic E-state index is 0.0131. The van der Waals surface area contributed by atoms with Crippen LogP contribution in [0.25, 0.3) is 5.69 Å². The van der Waals surface area contributed by atoms with Crippen molar-refractivity contribution in [3.8, 4) is 5.69 Å². The lowest BCUT2D eigenvalue weighted by atomic mass is 10.2. The highest BCUT2D eigenvalue weighted by Crippen LogP contribution is 2.26. The minimum atomic E-state index is -3.67. The summed E-state index contributed by atoms with van der Waals surface area (Å²) in [5.74, 6) is 0. The standard InChI is InChI=1S/C20H24N4O3S2/c1-16-4-6-17(7-5-16)24-15-18(13-21-24)29(25,26)22-14-19(20-3-2-12-28-20)23-8-10-27-11-9-23/h2-7,12-13,15,19,22H,8-11,14H2,1H3. The van der Waals surface area contributed by atoms with E-state index in [1.807, 2.05) is 42.6 Å². The zero-order chi connectivity index (χ0) is 20.3. The Kier molecular flexibility index (Phi) is 6.12. The summed E-state index contributed by atoms with van der Waals surface area (Å²) in [6, 6.07) is 11.8. The lowest BCUT2D eigenvalue weighted by Crippen LogP contribution is -2.43. The zero-order valence-electron chi connectivity index (χ0n) is 16.2. The first-order valence-corrected chi connectivity index (χ1v) is 11.9. The second kappa shape index (κ2) is 8.76. The van der Waals surface area contributed by atoms with Gasteiger partial charge in [-0.25, -0.2) is 17.8 Å². The summed E-state index contributed by atoms with van der Waals surface area (Å²) in [6.07, 6.45) is 2.93. The molecule has 0 spiro atoms. The fourth-order valence-corrected chi connectivity index (χ4v) is 5.16. The molecule has 154 valence electrons. The number of hydrogen-bond acceptors (Lipinski definition) is 6. The van der Waals surface area contributed by atoms with E-state index in [4.69, 9.17) is 4.74 Å². The molecule has 0 bridgehead atoms. The van der Waals surface area contributed by atoms with Gasteiger partial charge in [0.25, 0.3) is 0 Å². The number of aryl methyl sites for hydroxylation is 1. The lowest BCUT2D eigenvalue weighted by molar-refractivity contribution is 0.0179. The van der Waals surface area contributed by atoms with Crippen LogP contribution in [0, 0.1) is 6.92 Å². The number of hydrogen-bond donors (Lipinski definition) is 1. The largest absolute Gasteiger partial charge is 0.379 e. The highest BCUT2D eigenvalue weighted by atomic mass is 32.2. The Labute approximate surface area is 175 Å². The van der Waals surface area contributed by atoms with E-state index < -0.39 is 10.0 Å². The normalized spacial score (nSPS) is 16.7. The third-order valence-electron chi connectivity index (χ3n) is 4.99. The Morgan fingerprint density at radius 2 is 1.97 bits per heavy atom. The van der Waals surface area contributed by atoms with Gasteiger partial charge in [0.2, 0.25) is 10.0 Å². The van der Waals surface area contributed by atoms with Crippen LogP contribution >= 0.6 is 11.3 Å². The van der Waals surface area contributed by atoms with Crippen LogP contribution in [0.5, 0.6) is 0 Å². The van der Waals surface area contributed by atoms with Crippen LogP contribution in [0.1, 0.15) is 16.5 Å². The second-order valence-corrected chi connectivity index (χ2v) is 9.73. The van der Waals surface area contributed by atoms with Crippen LogP contribution < -0.4 is 4.72 Å². The summed E-state index contributed by atoms with van der Waals surface area (Å²) in [5.41, 5.74) is 1.96. The molecule has 1 aliphatic heterocycles. The molecular formula is C20H24N4O3S2. The number of sulfonamides is 1. The number of morpholine rings is 1. The maximum atomic E-state index is 12.9. The van der Waals surface area contributed by atoms with Gasteiger partial charge >= 0.3 is 0 Å². The van der Waals surface area contributed by atoms with Gasteiger partial charge in [-0.1, -0.05) is 23.8 Å². The molecule has 2 aromatic heterocycles. The van der Waals surface area contributed by atoms with Crippen LogP contribution in [0.3, 0.4) is 0 Å². The molecule has 0 aliphatic carbocycles. The van der Waals surface area contributed by atoms with Crippen molar-refractivity contribution in [3.05, 3.63) is 64.6 Å². The number of aromatic nitrogens is 2. The lowest BCUT2D eigenvalue weighted by Gasteiger charge is -2.34. The van der Waals surface area contributed by atoms with Crippen molar-refractivity contribution in [3.63, 3.8) is 0 Å². The van der Waals surface area contributed by atoms with E-state index >= 15 is 0 Å². The minimum Gasteiger partial charge on any atom is -0.379 e. The van der Waals surface area contributed by atoms with E-state index in [0.717, 1.165) is 29.2 Å². The van der Waals surface area contributed by atoms with Crippen LogP contribution in [0.15, 0.2) is 59.1 Å². The van der Waals surface area contributed by atoms with Crippen molar-refractivity contribution in [2.24, 2.45) is 0 Å². The first kappa shape index (κ1) is 20.2. The van der Waals surface area contributed by atoms with Gasteiger partial charge in [0, 0.05) is 24.5 Å². The molecule has 0 amide bonds. The molecule has 1 unspecified atom stereocenters. The molecule has 0 saturated carbocycles. The number of rotatable bonds is 7. The van der Waals surface area contributed by atoms with E-state index in [2.05, 4.69) is 20.8 Å². The number of ether oxygens (including phenoxy) is 1. The molecule has 1 aromatic carbocycles. The van der Waals surface area contributed by atoms with E-state index in [0.29, 0.717) is 19.8 Å². The molecule has 9 heteroatoms. The van der Waals surface area contributed by atoms with Gasteiger partial charge in [0.1, 0.15) is 4.90 Å². The summed E-state index contributed by atoms with van der Waals surface area (Å²) < 4.78 is 35.6. The van der Waals surface area contributed by atoms with Gasteiger partial charge in [-0.3, -0.25) is 4.90 Å². The molecular weight excluding hydrogens is 408 g/mol. The maximum Gasteiger partial charge on any atom is 0.243 e. The summed E-state index contributed by atoms with van der Waals surface area (Å²) in [5, 5.41) is 6.24. The molecule has 1 N–H and O–H groups in total. The number of nitrogens with one attached hydrogen (secondary N) is 1. The van der Waals surface area contributed by atoms with E-state index in [-0.39, 0.29) is 10.9 Å². The highest BCUT2D eigenvalue weighted by Gasteiger charge is 2.26. The quantitative estimate of drug-likeness (QED) is 0.621. The summed E-state index contributed by atoms with van der Waals surface area (Å²) in [4.78, 5) is 3.57. The molecule has 1 saturated heterocycles. The first-order chi connectivity index (χ1) is 14.0. The third-order valence-corrected chi connectivity index (χ3v) is 7.34. The molecule has 3 heterocycles. The van der Waals surface area contributed by atoms with Gasteiger partial charge in [0.05, 0.1) is 37.3 Å². The van der Waals surface area contributed by atoms with E-state index in [1.165, 1.54) is 6.20 Å². The van der Waals surface area contributed by atoms with Crippen molar-refractivity contribution in [2.75, 3.05) is 32.8 Å². The highest BCUT2D eigenvalue weighted by molar-refractivity contribution is 7.89. The molecule has 1 aliphatic rings. The molecule has 1 fully saturated rings. The fraction of sp³-hybridized carbons (Fsp3) is 0.350. The molecule has 0 radical (unpaired) electrons. The Morgan fingerprint density at radius 3 is 2.66 bits per heavy atom. The number of benzene rings is 1. The Morgan fingerprint density at radius 1 is 1.21 bits per heavy atom. The molecule has 29 heavy (non-hydrogen) atoms. The number of nitrogens with zero attached hydrogens (tertiary/aromatic N) is 3. The fourth-order valence-electron chi connectivity index (χ4n) is 3.34. The van der Waals surface area contributed by atoms with Gasteiger partial charge in [0.15, 0.2) is 0 Å². The van der Waals surface area contributed by atoms with Crippen LogP contribution in [0.2, 0.25) is 0 Å². The van der Waals surface area contributed by atoms with E-state index in [1.54, 1.807) is 22.2 Å². The summed E-state index contributed by atoms with van der Waals surface area (Å²) in [7, 11) is -3.67. The predicted molar refractivity (Wildman–Crippen MR) is 113 cm³/mol. The maximum absolute atomic E-state index is 12.9. The van der Waals surface area contributed by atoms with Crippen molar-refractivity contribution in [1.82, 2.24) is 19.4 Å². The van der Waals surface area contributed by atoms with E-state index in [9.17, 15) is 8.42 Å². The summed E-state index contributed by atoms with van der Waals surface area (Å²) >= 11 is 1.64. The molecule has 7 nitrogen and oxygen atoms in total. The number of thiophene rings is 1.